The van der Waals surface area contributed by atoms with E-state index in [0.717, 1.165) is 16.8 Å². The number of nitrogen functional groups attached to an aromatic ring is 1. The number of nitrogens with one attached hydrogen (secondary N) is 1. The Morgan fingerprint density at radius 3 is 2.53 bits per heavy atom. The van der Waals surface area contributed by atoms with Crippen LogP contribution in [0.4, 0.5) is 5.82 Å². The molecule has 1 aromatic heterocycles. The van der Waals surface area contributed by atoms with Crippen molar-refractivity contribution >= 4 is 17.4 Å². The van der Waals surface area contributed by atoms with E-state index in [9.17, 15) is 0 Å². The van der Waals surface area contributed by atoms with Crippen LogP contribution in [-0.4, -0.2) is 10.2 Å². The third kappa shape index (κ3) is 1.82. The zero-order valence-electron chi connectivity index (χ0n) is 8.00. The fourth-order valence-electron chi connectivity index (χ4n) is 1.44. The van der Waals surface area contributed by atoms with Gasteiger partial charge in [0.15, 0.2) is 0 Å². The van der Waals surface area contributed by atoms with Crippen LogP contribution in [0.1, 0.15) is 5.56 Å². The summed E-state index contributed by atoms with van der Waals surface area (Å²) in [6.45, 7) is 0.361. The number of nitrogens with two attached hydrogens (primary N) is 2. The Kier molecular flexibility index (Phi) is 2.62. The average molecular weight is 223 g/mol. The van der Waals surface area contributed by atoms with E-state index >= 15 is 0 Å². The summed E-state index contributed by atoms with van der Waals surface area (Å²) in [4.78, 5) is 0. The summed E-state index contributed by atoms with van der Waals surface area (Å²) < 4.78 is 0. The second-order valence-electron chi connectivity index (χ2n) is 3.17. The van der Waals surface area contributed by atoms with Crippen LogP contribution in [0.25, 0.3) is 11.3 Å². The maximum absolute atomic E-state index is 5.80. The van der Waals surface area contributed by atoms with Crippen molar-refractivity contribution in [3.63, 3.8) is 0 Å². The molecule has 4 nitrogen and oxygen atoms in total. The summed E-state index contributed by atoms with van der Waals surface area (Å²) in [5.74, 6) is 0.447. The predicted octanol–water partition coefficient (Wildman–Crippen LogP) is 1.77. The third-order valence-corrected chi connectivity index (χ3v) is 2.49. The van der Waals surface area contributed by atoms with Gasteiger partial charge in [0.1, 0.15) is 5.82 Å². The van der Waals surface area contributed by atoms with Gasteiger partial charge in [-0.1, -0.05) is 23.7 Å². The van der Waals surface area contributed by atoms with Crippen molar-refractivity contribution in [3.05, 3.63) is 34.9 Å². The number of hydrogen-bond donors (Lipinski definition) is 3. The normalized spacial score (nSPS) is 10.5. The van der Waals surface area contributed by atoms with Crippen LogP contribution in [-0.2, 0) is 6.54 Å². The summed E-state index contributed by atoms with van der Waals surface area (Å²) in [6.07, 6.45) is 0. The molecule has 0 spiro atoms. The van der Waals surface area contributed by atoms with Crippen molar-refractivity contribution in [3.8, 4) is 11.3 Å². The van der Waals surface area contributed by atoms with Crippen molar-refractivity contribution in [2.75, 3.05) is 5.73 Å². The molecule has 78 valence electrons. The first-order valence-corrected chi connectivity index (χ1v) is 4.89. The maximum Gasteiger partial charge on any atom is 0.150 e. The first kappa shape index (κ1) is 10.0. The Balaban J connectivity index is 2.49. The van der Waals surface area contributed by atoms with Gasteiger partial charge in [0.05, 0.1) is 5.69 Å². The topological polar surface area (TPSA) is 80.7 Å². The van der Waals surface area contributed by atoms with Crippen molar-refractivity contribution in [1.29, 1.82) is 0 Å². The molecule has 1 aromatic carbocycles. The number of benzene rings is 1. The number of rotatable bonds is 2. The Bertz CT molecular complexity index is 461. The quantitative estimate of drug-likeness (QED) is 0.725. The second-order valence-corrected chi connectivity index (χ2v) is 3.61. The summed E-state index contributed by atoms with van der Waals surface area (Å²) >= 11 is 5.80. The minimum absolute atomic E-state index is 0.361. The lowest BCUT2D eigenvalue weighted by Gasteiger charge is -2.01. The van der Waals surface area contributed by atoms with Crippen LogP contribution in [0.15, 0.2) is 24.3 Å². The van der Waals surface area contributed by atoms with Gasteiger partial charge in [-0.25, -0.2) is 0 Å². The molecule has 1 heterocycles. The molecule has 0 unspecified atom stereocenters. The number of aromatic nitrogens is 2. The van der Waals surface area contributed by atoms with Crippen LogP contribution < -0.4 is 11.5 Å². The van der Waals surface area contributed by atoms with Gasteiger partial charge >= 0.3 is 0 Å². The zero-order valence-corrected chi connectivity index (χ0v) is 8.75. The molecule has 0 fully saturated rings. The molecule has 0 bridgehead atoms. The molecule has 2 rings (SSSR count). The first-order chi connectivity index (χ1) is 7.22. The standard InChI is InChI=1S/C10H11ClN4/c11-7-3-1-6(2-4-7)9-8(5-12)10(13)15-14-9/h1-4H,5,12H2,(H3,13,14,15). The van der Waals surface area contributed by atoms with Gasteiger partial charge in [0.2, 0.25) is 0 Å². The third-order valence-electron chi connectivity index (χ3n) is 2.24. The maximum atomic E-state index is 5.80. The number of anilines is 1. The molecule has 5 heteroatoms. The van der Waals surface area contributed by atoms with E-state index in [0.29, 0.717) is 17.4 Å². The molecule has 0 atom stereocenters. The zero-order chi connectivity index (χ0) is 10.8. The van der Waals surface area contributed by atoms with Gasteiger partial charge in [0.25, 0.3) is 0 Å². The molecular weight excluding hydrogens is 212 g/mol. The fourth-order valence-corrected chi connectivity index (χ4v) is 1.57. The molecule has 5 N–H and O–H groups in total. The molecule has 0 aliphatic heterocycles. The summed E-state index contributed by atoms with van der Waals surface area (Å²) in [7, 11) is 0. The van der Waals surface area contributed by atoms with Crippen LogP contribution in [0.5, 0.6) is 0 Å². The van der Waals surface area contributed by atoms with E-state index in [1.54, 1.807) is 0 Å². The number of H-pyrrole nitrogens is 1. The number of halogens is 1. The largest absolute Gasteiger partial charge is 0.382 e. The molecule has 0 amide bonds. The molecular formula is C10H11ClN4. The average Bonchev–Trinajstić information content (AvgIpc) is 2.61. The van der Waals surface area contributed by atoms with Crippen LogP contribution in [0.2, 0.25) is 5.02 Å². The number of nitrogens with zero attached hydrogens (tertiary/aromatic N) is 1. The first-order valence-electron chi connectivity index (χ1n) is 4.51. The summed E-state index contributed by atoms with van der Waals surface area (Å²) in [6, 6.07) is 7.42. The lowest BCUT2D eigenvalue weighted by molar-refractivity contribution is 1.08. The molecule has 0 radical (unpaired) electrons. The fraction of sp³-hybridized carbons (Fsp3) is 0.100. The van der Waals surface area contributed by atoms with Crippen molar-refractivity contribution in [2.45, 2.75) is 6.54 Å². The van der Waals surface area contributed by atoms with Crippen LogP contribution in [0.3, 0.4) is 0 Å². The van der Waals surface area contributed by atoms with Crippen LogP contribution in [0, 0.1) is 0 Å². The van der Waals surface area contributed by atoms with E-state index in [1.165, 1.54) is 0 Å². The van der Waals surface area contributed by atoms with Crippen molar-refractivity contribution in [2.24, 2.45) is 5.73 Å². The smallest absolute Gasteiger partial charge is 0.150 e. The minimum Gasteiger partial charge on any atom is -0.382 e. The second kappa shape index (κ2) is 3.92. The highest BCUT2D eigenvalue weighted by atomic mass is 35.5. The van der Waals surface area contributed by atoms with Gasteiger partial charge in [-0.05, 0) is 12.1 Å². The Morgan fingerprint density at radius 2 is 1.93 bits per heavy atom. The van der Waals surface area contributed by atoms with Gasteiger partial charge in [-0.3, -0.25) is 5.10 Å². The predicted molar refractivity (Wildman–Crippen MR) is 61.3 cm³/mol. The molecule has 0 saturated carbocycles. The lowest BCUT2D eigenvalue weighted by Crippen LogP contribution is -2.00. The van der Waals surface area contributed by atoms with E-state index in [1.807, 2.05) is 24.3 Å². The molecule has 2 aromatic rings. The summed E-state index contributed by atoms with van der Waals surface area (Å²) in [5.41, 5.74) is 13.9. The van der Waals surface area contributed by atoms with Crippen molar-refractivity contribution in [1.82, 2.24) is 10.2 Å². The molecule has 0 saturated heterocycles. The lowest BCUT2D eigenvalue weighted by atomic mass is 10.1. The molecule has 0 aliphatic rings. The monoisotopic (exact) mass is 222 g/mol. The minimum atomic E-state index is 0.361. The number of aromatic amines is 1. The van der Waals surface area contributed by atoms with Crippen LogP contribution >= 0.6 is 11.6 Å². The number of hydrogen-bond acceptors (Lipinski definition) is 3. The van der Waals surface area contributed by atoms with E-state index in [2.05, 4.69) is 10.2 Å². The van der Waals surface area contributed by atoms with Gasteiger partial charge < -0.3 is 11.5 Å². The summed E-state index contributed by atoms with van der Waals surface area (Å²) in [5, 5.41) is 7.48. The Morgan fingerprint density at radius 1 is 1.27 bits per heavy atom. The van der Waals surface area contributed by atoms with Gasteiger partial charge in [0, 0.05) is 22.7 Å². The van der Waals surface area contributed by atoms with E-state index in [-0.39, 0.29) is 0 Å². The Hall–Kier alpha value is -1.52. The highest BCUT2D eigenvalue weighted by Crippen LogP contribution is 2.25. The Labute approximate surface area is 92.2 Å². The molecule has 0 aliphatic carbocycles. The highest BCUT2D eigenvalue weighted by molar-refractivity contribution is 6.30. The van der Waals surface area contributed by atoms with E-state index < -0.39 is 0 Å². The van der Waals surface area contributed by atoms with Crippen molar-refractivity contribution < 1.29 is 0 Å². The SMILES string of the molecule is NCc1c(N)n[nH]c1-c1ccc(Cl)cc1. The van der Waals surface area contributed by atoms with Gasteiger partial charge in [-0.2, -0.15) is 5.10 Å². The highest BCUT2D eigenvalue weighted by Gasteiger charge is 2.10. The van der Waals surface area contributed by atoms with Gasteiger partial charge in [-0.15, -0.1) is 0 Å². The van der Waals surface area contributed by atoms with E-state index in [4.69, 9.17) is 23.1 Å². The molecule has 15 heavy (non-hydrogen) atoms.